The minimum Gasteiger partial charge on any atom is -0.341 e. The van der Waals surface area contributed by atoms with Gasteiger partial charge < -0.3 is 10.7 Å². The molecule has 0 radical (unpaired) electrons. The first-order valence-corrected chi connectivity index (χ1v) is 5.28. The number of nitrogens with one attached hydrogen (secondary N) is 1. The van der Waals surface area contributed by atoms with Gasteiger partial charge in [-0.3, -0.25) is 0 Å². The molecule has 2 aromatic rings. The van der Waals surface area contributed by atoms with E-state index in [-0.39, 0.29) is 6.04 Å². The molecule has 0 amide bonds. The van der Waals surface area contributed by atoms with Gasteiger partial charge in [0.2, 0.25) is 0 Å². The molecule has 14 heavy (non-hydrogen) atoms. The molecule has 0 aliphatic heterocycles. The second-order valence-corrected chi connectivity index (χ2v) is 4.38. The lowest BCUT2D eigenvalue weighted by Crippen LogP contribution is -2.06. The Morgan fingerprint density at radius 2 is 2.21 bits per heavy atom. The number of benzene rings is 1. The van der Waals surface area contributed by atoms with Gasteiger partial charge in [-0.25, -0.2) is 4.98 Å². The summed E-state index contributed by atoms with van der Waals surface area (Å²) in [6.07, 6.45) is 0. The van der Waals surface area contributed by atoms with Crippen LogP contribution in [0.1, 0.15) is 24.4 Å². The Kier molecular flexibility index (Phi) is 2.33. The molecule has 0 fully saturated rings. The van der Waals surface area contributed by atoms with Crippen molar-refractivity contribution in [1.29, 1.82) is 0 Å². The zero-order chi connectivity index (χ0) is 10.3. The molecule has 3 nitrogen and oxygen atoms in total. The molecule has 0 saturated heterocycles. The normalized spacial score (nSPS) is 13.4. The summed E-state index contributed by atoms with van der Waals surface area (Å²) in [7, 11) is 0. The van der Waals surface area contributed by atoms with Crippen LogP contribution >= 0.6 is 15.9 Å². The predicted octanol–water partition coefficient (Wildman–Crippen LogP) is 2.65. The number of fused-ring (bicyclic) bond motifs is 1. The largest absolute Gasteiger partial charge is 0.341 e. The van der Waals surface area contributed by atoms with Crippen LogP contribution in [0.2, 0.25) is 0 Å². The van der Waals surface area contributed by atoms with Crippen molar-refractivity contribution in [3.63, 3.8) is 0 Å². The highest BCUT2D eigenvalue weighted by Gasteiger charge is 2.07. The van der Waals surface area contributed by atoms with Crippen LogP contribution in [0, 0.1) is 6.92 Å². The fourth-order valence-electron chi connectivity index (χ4n) is 1.37. The zero-order valence-corrected chi connectivity index (χ0v) is 9.72. The van der Waals surface area contributed by atoms with Gasteiger partial charge in [0.25, 0.3) is 0 Å². The van der Waals surface area contributed by atoms with Crippen LogP contribution in [0.3, 0.4) is 0 Å². The minimum atomic E-state index is -0.0542. The molecule has 3 N–H and O–H groups in total. The number of imidazole rings is 1. The van der Waals surface area contributed by atoms with Crippen LogP contribution in [-0.2, 0) is 0 Å². The number of rotatable bonds is 1. The first-order valence-electron chi connectivity index (χ1n) is 4.49. The lowest BCUT2D eigenvalue weighted by Gasteiger charge is -1.96. The van der Waals surface area contributed by atoms with Crippen molar-refractivity contribution in [2.45, 2.75) is 19.9 Å². The fraction of sp³-hybridized carbons (Fsp3) is 0.300. The first-order chi connectivity index (χ1) is 6.58. The maximum absolute atomic E-state index is 5.75. The Bertz CT molecular complexity index is 434. The standard InChI is InChI=1S/C10H12BrN3/c1-5-3-8-9(4-7(5)11)14-10(13-8)6(2)12/h3-4,6H,12H2,1-2H3,(H,13,14). The van der Waals surface area contributed by atoms with Crippen LogP contribution < -0.4 is 5.73 Å². The molecule has 1 aromatic heterocycles. The molecule has 0 bridgehead atoms. The maximum Gasteiger partial charge on any atom is 0.123 e. The van der Waals surface area contributed by atoms with Gasteiger partial charge in [-0.05, 0) is 31.5 Å². The third-order valence-corrected chi connectivity index (χ3v) is 3.07. The SMILES string of the molecule is Cc1cc2[nH]c(C(C)N)nc2cc1Br. The molecule has 2 rings (SSSR count). The Morgan fingerprint density at radius 3 is 2.86 bits per heavy atom. The number of hydrogen-bond acceptors (Lipinski definition) is 2. The lowest BCUT2D eigenvalue weighted by atomic mass is 10.2. The molecule has 1 heterocycles. The van der Waals surface area contributed by atoms with Crippen molar-refractivity contribution in [2.24, 2.45) is 5.73 Å². The average molecular weight is 254 g/mol. The van der Waals surface area contributed by atoms with Crippen molar-refractivity contribution in [2.75, 3.05) is 0 Å². The predicted molar refractivity (Wildman–Crippen MR) is 61.1 cm³/mol. The summed E-state index contributed by atoms with van der Waals surface area (Å²) in [6.45, 7) is 3.97. The van der Waals surface area contributed by atoms with E-state index in [1.165, 1.54) is 5.56 Å². The Hall–Kier alpha value is -0.870. The molecule has 0 aliphatic carbocycles. The average Bonchev–Trinajstić information content (AvgIpc) is 2.48. The first kappa shape index (κ1) is 9.68. The number of hydrogen-bond donors (Lipinski definition) is 2. The smallest absolute Gasteiger partial charge is 0.123 e. The quantitative estimate of drug-likeness (QED) is 0.821. The van der Waals surface area contributed by atoms with Crippen LogP contribution in [0.4, 0.5) is 0 Å². The maximum atomic E-state index is 5.75. The van der Waals surface area contributed by atoms with Gasteiger partial charge in [0.1, 0.15) is 5.82 Å². The molecule has 0 saturated carbocycles. The molecular formula is C10H12BrN3. The Balaban J connectivity index is 2.66. The molecule has 0 spiro atoms. The van der Waals surface area contributed by atoms with Gasteiger partial charge in [0, 0.05) is 4.47 Å². The number of aryl methyl sites for hydroxylation is 1. The van der Waals surface area contributed by atoms with Gasteiger partial charge in [-0.15, -0.1) is 0 Å². The summed E-state index contributed by atoms with van der Waals surface area (Å²) in [5, 5.41) is 0. The highest BCUT2D eigenvalue weighted by Crippen LogP contribution is 2.23. The lowest BCUT2D eigenvalue weighted by molar-refractivity contribution is 0.760. The van der Waals surface area contributed by atoms with E-state index in [0.29, 0.717) is 0 Å². The van der Waals surface area contributed by atoms with Gasteiger partial charge in [0.15, 0.2) is 0 Å². The summed E-state index contributed by atoms with van der Waals surface area (Å²) < 4.78 is 1.08. The van der Waals surface area contributed by atoms with Gasteiger partial charge in [-0.1, -0.05) is 15.9 Å². The number of aromatic amines is 1. The van der Waals surface area contributed by atoms with E-state index in [1.54, 1.807) is 0 Å². The van der Waals surface area contributed by atoms with Crippen molar-refractivity contribution >= 4 is 27.0 Å². The number of aromatic nitrogens is 2. The second kappa shape index (κ2) is 3.37. The number of H-pyrrole nitrogens is 1. The summed E-state index contributed by atoms with van der Waals surface area (Å²) in [5.41, 5.74) is 8.93. The topological polar surface area (TPSA) is 54.7 Å². The molecule has 74 valence electrons. The highest BCUT2D eigenvalue weighted by atomic mass is 79.9. The van der Waals surface area contributed by atoms with E-state index in [2.05, 4.69) is 38.9 Å². The van der Waals surface area contributed by atoms with E-state index in [4.69, 9.17) is 5.73 Å². The molecule has 0 aliphatic rings. The van der Waals surface area contributed by atoms with Gasteiger partial charge in [0.05, 0.1) is 17.1 Å². The van der Waals surface area contributed by atoms with E-state index < -0.39 is 0 Å². The summed E-state index contributed by atoms with van der Waals surface area (Å²) in [4.78, 5) is 7.61. The Morgan fingerprint density at radius 1 is 1.50 bits per heavy atom. The molecule has 4 heteroatoms. The summed E-state index contributed by atoms with van der Waals surface area (Å²) in [6, 6.07) is 4.02. The fourth-order valence-corrected chi connectivity index (χ4v) is 1.71. The van der Waals surface area contributed by atoms with Crippen molar-refractivity contribution in [3.05, 3.63) is 28.0 Å². The van der Waals surface area contributed by atoms with Gasteiger partial charge >= 0.3 is 0 Å². The van der Waals surface area contributed by atoms with Crippen molar-refractivity contribution in [3.8, 4) is 0 Å². The molecule has 1 unspecified atom stereocenters. The van der Waals surface area contributed by atoms with Crippen LogP contribution in [0.5, 0.6) is 0 Å². The van der Waals surface area contributed by atoms with E-state index in [1.807, 2.05) is 13.0 Å². The van der Waals surface area contributed by atoms with E-state index in [0.717, 1.165) is 21.3 Å². The van der Waals surface area contributed by atoms with Crippen LogP contribution in [-0.4, -0.2) is 9.97 Å². The Labute approximate surface area is 90.8 Å². The minimum absolute atomic E-state index is 0.0542. The van der Waals surface area contributed by atoms with Crippen molar-refractivity contribution in [1.82, 2.24) is 9.97 Å². The summed E-state index contributed by atoms with van der Waals surface area (Å²) in [5.74, 6) is 0.831. The summed E-state index contributed by atoms with van der Waals surface area (Å²) >= 11 is 3.48. The molecule has 1 atom stereocenters. The highest BCUT2D eigenvalue weighted by molar-refractivity contribution is 9.10. The van der Waals surface area contributed by atoms with Crippen molar-refractivity contribution < 1.29 is 0 Å². The van der Waals surface area contributed by atoms with Gasteiger partial charge in [-0.2, -0.15) is 0 Å². The molecular weight excluding hydrogens is 242 g/mol. The van der Waals surface area contributed by atoms with E-state index in [9.17, 15) is 0 Å². The zero-order valence-electron chi connectivity index (χ0n) is 8.13. The van der Waals surface area contributed by atoms with Crippen LogP contribution in [0.15, 0.2) is 16.6 Å². The number of nitrogens with zero attached hydrogens (tertiary/aromatic N) is 1. The second-order valence-electron chi connectivity index (χ2n) is 3.53. The third kappa shape index (κ3) is 1.55. The number of nitrogens with two attached hydrogens (primary N) is 1. The monoisotopic (exact) mass is 253 g/mol. The molecule has 1 aromatic carbocycles. The van der Waals surface area contributed by atoms with E-state index >= 15 is 0 Å². The third-order valence-electron chi connectivity index (χ3n) is 2.21. The number of halogens is 1. The van der Waals surface area contributed by atoms with Crippen LogP contribution in [0.25, 0.3) is 11.0 Å².